The molecule has 4 nitrogen and oxygen atoms in total. The highest BCUT2D eigenvalue weighted by atomic mass is 35.5. The maximum absolute atomic E-state index is 12.7. The van der Waals surface area contributed by atoms with E-state index in [-0.39, 0.29) is 17.5 Å². The summed E-state index contributed by atoms with van der Waals surface area (Å²) in [6.07, 6.45) is 1.70. The van der Waals surface area contributed by atoms with Crippen LogP contribution in [0.15, 0.2) is 71.7 Å². The van der Waals surface area contributed by atoms with Crippen molar-refractivity contribution in [2.75, 3.05) is 12.3 Å². The molecule has 2 amide bonds. The monoisotopic (exact) mass is 470 g/mol. The third-order valence-corrected chi connectivity index (χ3v) is 6.45. The average Bonchev–Trinajstić information content (AvgIpc) is 3.28. The Morgan fingerprint density at radius 1 is 1.06 bits per heavy atom. The van der Waals surface area contributed by atoms with Gasteiger partial charge in [-0.15, -0.1) is 11.3 Å². The van der Waals surface area contributed by atoms with Crippen molar-refractivity contribution in [3.8, 4) is 0 Å². The highest BCUT2D eigenvalue weighted by molar-refractivity contribution is 7.98. The van der Waals surface area contributed by atoms with Crippen LogP contribution < -0.4 is 10.6 Å². The lowest BCUT2D eigenvalue weighted by atomic mass is 10.1. The van der Waals surface area contributed by atoms with E-state index in [0.29, 0.717) is 12.1 Å². The molecule has 2 N–H and O–H groups in total. The third-order valence-electron chi connectivity index (χ3n) is 4.35. The van der Waals surface area contributed by atoms with Gasteiger partial charge in [0.25, 0.3) is 11.8 Å². The maximum atomic E-state index is 12.7. The van der Waals surface area contributed by atoms with Crippen molar-refractivity contribution >= 4 is 52.6 Å². The summed E-state index contributed by atoms with van der Waals surface area (Å²) in [7, 11) is 0. The molecule has 0 fully saturated rings. The molecular formula is C24H23ClN2O2S2. The summed E-state index contributed by atoms with van der Waals surface area (Å²) in [5.74, 6) is 0.984. The van der Waals surface area contributed by atoms with Crippen LogP contribution in [0, 0.1) is 6.92 Å². The van der Waals surface area contributed by atoms with Crippen molar-refractivity contribution in [3.05, 3.63) is 98.3 Å². The fourth-order valence-electron chi connectivity index (χ4n) is 2.68. The van der Waals surface area contributed by atoms with Gasteiger partial charge in [-0.25, -0.2) is 0 Å². The van der Waals surface area contributed by atoms with Crippen molar-refractivity contribution in [1.82, 2.24) is 10.6 Å². The zero-order chi connectivity index (χ0) is 22.1. The van der Waals surface area contributed by atoms with Crippen LogP contribution in [0.4, 0.5) is 0 Å². The fraction of sp³-hybridized carbons (Fsp3) is 0.167. The van der Waals surface area contributed by atoms with E-state index in [4.69, 9.17) is 11.6 Å². The van der Waals surface area contributed by atoms with Gasteiger partial charge in [-0.1, -0.05) is 47.5 Å². The van der Waals surface area contributed by atoms with Crippen LogP contribution in [0.1, 0.15) is 26.4 Å². The molecular weight excluding hydrogens is 448 g/mol. The van der Waals surface area contributed by atoms with Gasteiger partial charge < -0.3 is 10.6 Å². The molecule has 3 aromatic rings. The molecule has 0 atom stereocenters. The number of halogens is 1. The highest BCUT2D eigenvalue weighted by Crippen LogP contribution is 2.16. The van der Waals surface area contributed by atoms with Crippen molar-refractivity contribution in [2.45, 2.75) is 12.7 Å². The molecule has 3 rings (SSSR count). The van der Waals surface area contributed by atoms with E-state index in [9.17, 15) is 9.59 Å². The first-order valence-electron chi connectivity index (χ1n) is 9.75. The zero-order valence-corrected chi connectivity index (χ0v) is 19.4. The summed E-state index contributed by atoms with van der Waals surface area (Å²) in [5.41, 5.74) is 2.99. The largest absolute Gasteiger partial charge is 0.350 e. The van der Waals surface area contributed by atoms with Gasteiger partial charge in [0.15, 0.2) is 0 Å². The Labute approximate surface area is 195 Å². The summed E-state index contributed by atoms with van der Waals surface area (Å²) in [6.45, 7) is 2.46. The summed E-state index contributed by atoms with van der Waals surface area (Å²) < 4.78 is 0. The Kier molecular flexibility index (Phi) is 8.76. The highest BCUT2D eigenvalue weighted by Gasteiger charge is 2.14. The van der Waals surface area contributed by atoms with Crippen molar-refractivity contribution < 1.29 is 9.59 Å². The van der Waals surface area contributed by atoms with E-state index in [2.05, 4.69) is 10.6 Å². The second-order valence-corrected chi connectivity index (χ2v) is 9.35. The van der Waals surface area contributed by atoms with E-state index in [1.807, 2.05) is 60.8 Å². The summed E-state index contributed by atoms with van der Waals surface area (Å²) in [5, 5.41) is 8.31. The number of hydrogen-bond donors (Lipinski definition) is 2. The summed E-state index contributed by atoms with van der Waals surface area (Å²) >= 11 is 9.13. The molecule has 0 saturated heterocycles. The van der Waals surface area contributed by atoms with Gasteiger partial charge in [-0.2, -0.15) is 11.8 Å². The van der Waals surface area contributed by atoms with Crippen molar-refractivity contribution in [3.63, 3.8) is 0 Å². The van der Waals surface area contributed by atoms with Gasteiger partial charge in [0.2, 0.25) is 0 Å². The van der Waals surface area contributed by atoms with Gasteiger partial charge in [0.05, 0.1) is 0 Å². The average molecular weight is 471 g/mol. The smallest absolute Gasteiger partial charge is 0.267 e. The molecule has 1 heterocycles. The van der Waals surface area contributed by atoms with Crippen LogP contribution in [-0.2, 0) is 10.5 Å². The Morgan fingerprint density at radius 2 is 1.81 bits per heavy atom. The molecule has 31 heavy (non-hydrogen) atoms. The lowest BCUT2D eigenvalue weighted by Gasteiger charge is -2.11. The SMILES string of the molecule is Cc1ccc(C(=O)N/C(=C\c2cccs2)C(=O)NCCSCc2ccc(Cl)cc2)cc1. The number of nitrogens with one attached hydrogen (secondary N) is 2. The third kappa shape index (κ3) is 7.58. The first-order valence-corrected chi connectivity index (χ1v) is 12.2. The number of rotatable bonds is 9. The number of hydrogen-bond acceptors (Lipinski definition) is 4. The molecule has 1 aromatic heterocycles. The van der Waals surface area contributed by atoms with Crippen molar-refractivity contribution in [2.24, 2.45) is 0 Å². The molecule has 0 radical (unpaired) electrons. The first-order chi connectivity index (χ1) is 15.0. The predicted molar refractivity (Wildman–Crippen MR) is 132 cm³/mol. The van der Waals surface area contributed by atoms with Crippen LogP contribution in [-0.4, -0.2) is 24.1 Å². The van der Waals surface area contributed by atoms with Crippen LogP contribution in [0.5, 0.6) is 0 Å². The molecule has 0 spiro atoms. The summed E-state index contributed by atoms with van der Waals surface area (Å²) in [6, 6.07) is 18.8. The van der Waals surface area contributed by atoms with Gasteiger partial charge in [0.1, 0.15) is 5.70 Å². The van der Waals surface area contributed by atoms with Crippen LogP contribution >= 0.6 is 34.7 Å². The normalized spacial score (nSPS) is 11.2. The van der Waals surface area contributed by atoms with E-state index >= 15 is 0 Å². The number of thiophene rings is 1. The minimum absolute atomic E-state index is 0.232. The zero-order valence-electron chi connectivity index (χ0n) is 17.1. The van der Waals surface area contributed by atoms with Crippen molar-refractivity contribution in [1.29, 1.82) is 0 Å². The Bertz CT molecular complexity index is 1030. The summed E-state index contributed by atoms with van der Waals surface area (Å²) in [4.78, 5) is 26.3. The minimum Gasteiger partial charge on any atom is -0.350 e. The quantitative estimate of drug-likeness (QED) is 0.319. The minimum atomic E-state index is -0.310. The first kappa shape index (κ1) is 23.1. The lowest BCUT2D eigenvalue weighted by molar-refractivity contribution is -0.117. The molecule has 0 bridgehead atoms. The standard InChI is InChI=1S/C24H23ClN2O2S2/c1-17-4-8-19(9-5-17)23(28)27-22(15-21-3-2-13-31-21)24(29)26-12-14-30-16-18-6-10-20(25)11-7-18/h2-11,13,15H,12,14,16H2,1H3,(H,26,29)(H,27,28)/b22-15-. The van der Waals surface area contributed by atoms with E-state index < -0.39 is 0 Å². The van der Waals surface area contributed by atoms with Crippen LogP contribution in [0.2, 0.25) is 5.02 Å². The van der Waals surface area contributed by atoms with Gasteiger partial charge in [0, 0.05) is 33.5 Å². The number of thioether (sulfide) groups is 1. The number of carbonyl (C=O) groups is 2. The second kappa shape index (κ2) is 11.7. The molecule has 7 heteroatoms. The predicted octanol–water partition coefficient (Wildman–Crippen LogP) is 5.53. The number of carbonyl (C=O) groups excluding carboxylic acids is 2. The number of aryl methyl sites for hydroxylation is 1. The number of benzene rings is 2. The molecule has 160 valence electrons. The molecule has 0 unspecified atom stereocenters. The van der Waals surface area contributed by atoms with Gasteiger partial charge in [-0.3, -0.25) is 9.59 Å². The topological polar surface area (TPSA) is 58.2 Å². The Balaban J connectivity index is 1.55. The van der Waals surface area contributed by atoms with Gasteiger partial charge in [-0.05, 0) is 54.3 Å². The van der Waals surface area contributed by atoms with E-state index in [1.54, 1.807) is 30.0 Å². The van der Waals surface area contributed by atoms with E-state index in [0.717, 1.165) is 27.0 Å². The second-order valence-electron chi connectivity index (χ2n) is 6.83. The molecule has 2 aromatic carbocycles. The molecule has 0 aliphatic heterocycles. The van der Waals surface area contributed by atoms with Gasteiger partial charge >= 0.3 is 0 Å². The van der Waals surface area contributed by atoms with E-state index in [1.165, 1.54) is 16.9 Å². The molecule has 0 aliphatic carbocycles. The number of amides is 2. The molecule has 0 saturated carbocycles. The Hall–Kier alpha value is -2.54. The molecule has 0 aliphatic rings. The van der Waals surface area contributed by atoms with Crippen LogP contribution in [0.3, 0.4) is 0 Å². The lowest BCUT2D eigenvalue weighted by Crippen LogP contribution is -2.35. The fourth-order valence-corrected chi connectivity index (χ4v) is 4.28. The van der Waals surface area contributed by atoms with Crippen LogP contribution in [0.25, 0.3) is 6.08 Å². The maximum Gasteiger partial charge on any atom is 0.267 e. The Morgan fingerprint density at radius 3 is 2.48 bits per heavy atom.